The lowest BCUT2D eigenvalue weighted by Crippen LogP contribution is -2.16. The minimum atomic E-state index is -1.38. The third-order valence-electron chi connectivity index (χ3n) is 4.16. The third-order valence-corrected chi connectivity index (χ3v) is 5.91. The summed E-state index contributed by atoms with van der Waals surface area (Å²) in [5, 5.41) is 0. The number of nitrogens with one attached hydrogen (secondary N) is 1. The maximum atomic E-state index is 8.61. The summed E-state index contributed by atoms with van der Waals surface area (Å²) >= 11 is 0. The Balaban J connectivity index is 1.84. The van der Waals surface area contributed by atoms with Crippen LogP contribution in [0.5, 0.6) is 0 Å². The molecule has 3 heteroatoms. The second-order valence-corrected chi connectivity index (χ2v) is 18.9. The van der Waals surface area contributed by atoms with E-state index in [1.54, 1.807) is 0 Å². The van der Waals surface area contributed by atoms with Gasteiger partial charge in [0.15, 0.2) is 1.41 Å². The SMILES string of the molecule is [2H]n1c(-c2ccc(C#C[Si](C)(C)C)cc2)ccc1-c1ccc(C#C[Si](C)(C)C)cc1. The van der Waals surface area contributed by atoms with Crippen LogP contribution in [-0.4, -0.2) is 21.1 Å². The summed E-state index contributed by atoms with van der Waals surface area (Å²) in [5.74, 6) is 6.57. The van der Waals surface area contributed by atoms with Crippen molar-refractivity contribution in [2.24, 2.45) is 0 Å². The highest BCUT2D eigenvalue weighted by Gasteiger charge is 2.09. The molecule has 0 saturated carbocycles. The van der Waals surface area contributed by atoms with Gasteiger partial charge in [-0.05, 0) is 47.5 Å². The second kappa shape index (κ2) is 8.33. The van der Waals surface area contributed by atoms with Crippen LogP contribution in [-0.2, 0) is 0 Å². The van der Waals surface area contributed by atoms with E-state index in [0.29, 0.717) is 0 Å². The van der Waals surface area contributed by atoms with E-state index in [-0.39, 0.29) is 0 Å². The van der Waals surface area contributed by atoms with Crippen molar-refractivity contribution in [1.82, 2.24) is 4.98 Å². The van der Waals surface area contributed by atoms with Crippen LogP contribution in [0.4, 0.5) is 0 Å². The molecule has 0 fully saturated rings. The monoisotopic (exact) mass is 412 g/mol. The molecule has 3 rings (SSSR count). The van der Waals surface area contributed by atoms with Crippen LogP contribution in [0.15, 0.2) is 60.7 Å². The number of benzene rings is 2. The van der Waals surface area contributed by atoms with Gasteiger partial charge < -0.3 is 4.98 Å². The molecule has 1 N–H and O–H groups in total. The molecule has 29 heavy (non-hydrogen) atoms. The first-order valence-electron chi connectivity index (χ1n) is 10.4. The van der Waals surface area contributed by atoms with Gasteiger partial charge in [-0.1, -0.05) is 75.4 Å². The summed E-state index contributed by atoms with van der Waals surface area (Å²) in [4.78, 5) is 1.51. The van der Waals surface area contributed by atoms with Gasteiger partial charge >= 0.3 is 0 Å². The highest BCUT2D eigenvalue weighted by molar-refractivity contribution is 6.84. The molecule has 0 atom stereocenters. The standard InChI is InChI=1S/C26H29NSi2/c1-28(2,3)19-17-21-7-11-23(12-8-21)25-15-16-26(27-25)24-13-9-22(10-14-24)18-20-29(4,5)6/h7-16,27H,1-6H3/i/hD. The Morgan fingerprint density at radius 1 is 0.586 bits per heavy atom. The molecule has 146 valence electrons. The van der Waals surface area contributed by atoms with Crippen molar-refractivity contribution in [3.8, 4) is 45.4 Å². The highest BCUT2D eigenvalue weighted by atomic mass is 28.3. The topological polar surface area (TPSA) is 15.8 Å². The van der Waals surface area contributed by atoms with E-state index >= 15 is 0 Å². The predicted molar refractivity (Wildman–Crippen MR) is 132 cm³/mol. The molecule has 1 aromatic heterocycles. The molecule has 3 aromatic rings. The quantitative estimate of drug-likeness (QED) is 0.351. The number of aromatic nitrogens is 1. The fourth-order valence-corrected chi connectivity index (χ4v) is 3.69. The minimum absolute atomic E-state index is 0.873. The lowest BCUT2D eigenvalue weighted by Gasteiger charge is -2.04. The van der Waals surface area contributed by atoms with Gasteiger partial charge in [-0.15, -0.1) is 11.1 Å². The summed E-state index contributed by atoms with van der Waals surface area (Å²) in [5.41, 5.74) is 12.6. The van der Waals surface area contributed by atoms with Crippen LogP contribution >= 0.6 is 0 Å². The van der Waals surface area contributed by atoms with Gasteiger partial charge in [0.1, 0.15) is 16.1 Å². The average Bonchev–Trinajstić information content (AvgIpc) is 3.06. The zero-order valence-corrected chi connectivity index (χ0v) is 20.2. The van der Waals surface area contributed by atoms with Crippen LogP contribution in [0.2, 0.25) is 40.7 Å². The summed E-state index contributed by atoms with van der Waals surface area (Å²) < 4.78 is 8.61. The largest absolute Gasteiger partial charge is 0.355 e. The summed E-state index contributed by atoms with van der Waals surface area (Å²) in [6.07, 6.45) is 0. The third kappa shape index (κ3) is 6.39. The molecule has 0 spiro atoms. The van der Waals surface area contributed by atoms with Gasteiger partial charge in [0, 0.05) is 22.5 Å². The molecule has 0 radical (unpaired) electrons. The Kier molecular flexibility index (Phi) is 5.63. The van der Waals surface area contributed by atoms with E-state index < -0.39 is 16.1 Å². The van der Waals surface area contributed by atoms with Crippen molar-refractivity contribution >= 4 is 16.1 Å². The first-order chi connectivity index (χ1) is 14.0. The van der Waals surface area contributed by atoms with E-state index in [4.69, 9.17) is 1.41 Å². The zero-order chi connectivity index (χ0) is 21.9. The highest BCUT2D eigenvalue weighted by Crippen LogP contribution is 2.25. The van der Waals surface area contributed by atoms with Crippen molar-refractivity contribution in [3.05, 3.63) is 71.8 Å². The fraction of sp³-hybridized carbons (Fsp3) is 0.231. The Labute approximate surface area is 179 Å². The fourth-order valence-electron chi connectivity index (χ4n) is 2.65. The number of hydrogen-bond acceptors (Lipinski definition) is 0. The Morgan fingerprint density at radius 2 is 0.931 bits per heavy atom. The number of aromatic amines is 1. The molecule has 0 bridgehead atoms. The minimum Gasteiger partial charge on any atom is -0.355 e. The maximum Gasteiger partial charge on any atom is 0.167 e. The van der Waals surface area contributed by atoms with Gasteiger partial charge in [0.2, 0.25) is 0 Å². The van der Waals surface area contributed by atoms with Crippen molar-refractivity contribution in [2.45, 2.75) is 39.3 Å². The van der Waals surface area contributed by atoms with Crippen molar-refractivity contribution in [3.63, 3.8) is 0 Å². The van der Waals surface area contributed by atoms with Crippen molar-refractivity contribution < 1.29 is 1.41 Å². The molecular weight excluding hydrogens is 382 g/mol. The molecule has 1 heterocycles. The van der Waals surface area contributed by atoms with Crippen molar-refractivity contribution in [1.29, 1.82) is 0 Å². The predicted octanol–water partition coefficient (Wildman–Crippen LogP) is 6.81. The van der Waals surface area contributed by atoms with Crippen LogP contribution in [0.3, 0.4) is 0 Å². The lowest BCUT2D eigenvalue weighted by molar-refractivity contribution is 1.39. The van der Waals surface area contributed by atoms with E-state index in [1.807, 2.05) is 60.7 Å². The normalized spacial score (nSPS) is 11.7. The average molecular weight is 413 g/mol. The molecule has 0 aliphatic heterocycles. The molecule has 0 saturated heterocycles. The number of hydrogen-bond donors (Lipinski definition) is 1. The van der Waals surface area contributed by atoms with Crippen LogP contribution in [0.1, 0.15) is 11.1 Å². The van der Waals surface area contributed by atoms with Gasteiger partial charge in [0.25, 0.3) is 0 Å². The van der Waals surface area contributed by atoms with Crippen LogP contribution < -0.4 is 0 Å². The van der Waals surface area contributed by atoms with Crippen molar-refractivity contribution in [2.75, 3.05) is 0 Å². The lowest BCUT2D eigenvalue weighted by atomic mass is 10.1. The Hall–Kier alpha value is -2.73. The molecule has 0 amide bonds. The second-order valence-electron chi connectivity index (χ2n) is 9.37. The van der Waals surface area contributed by atoms with E-state index in [2.05, 4.69) is 62.2 Å². The number of rotatable bonds is 2. The molecule has 1 nitrogen and oxygen atoms in total. The Bertz CT molecular complexity index is 1060. The molecule has 2 aromatic carbocycles. The molecular formula is C26H29NSi2. The van der Waals surface area contributed by atoms with E-state index in [1.165, 1.54) is 4.98 Å². The summed E-state index contributed by atoms with van der Waals surface area (Å²) in [6.45, 7) is 13.5. The Morgan fingerprint density at radius 3 is 1.24 bits per heavy atom. The smallest absolute Gasteiger partial charge is 0.167 e. The zero-order valence-electron chi connectivity index (χ0n) is 19.2. The number of H-pyrrole nitrogens is 1. The first kappa shape index (κ1) is 19.6. The van der Waals surface area contributed by atoms with Gasteiger partial charge in [-0.25, -0.2) is 0 Å². The summed E-state index contributed by atoms with van der Waals surface area (Å²) in [6, 6.07) is 20.4. The summed E-state index contributed by atoms with van der Waals surface area (Å²) in [7, 11) is -2.76. The molecule has 0 aliphatic rings. The van der Waals surface area contributed by atoms with E-state index in [9.17, 15) is 0 Å². The molecule has 0 aliphatic carbocycles. The van der Waals surface area contributed by atoms with Crippen LogP contribution in [0, 0.1) is 22.9 Å². The van der Waals surface area contributed by atoms with Gasteiger partial charge in [-0.2, -0.15) is 0 Å². The van der Waals surface area contributed by atoms with E-state index in [0.717, 1.165) is 33.6 Å². The van der Waals surface area contributed by atoms with Gasteiger partial charge in [0.05, 0.1) is 0 Å². The molecule has 0 unspecified atom stereocenters. The maximum absolute atomic E-state index is 8.61. The van der Waals surface area contributed by atoms with Crippen LogP contribution in [0.25, 0.3) is 22.5 Å². The van der Waals surface area contributed by atoms with Gasteiger partial charge in [-0.3, -0.25) is 0 Å². The first-order valence-corrected chi connectivity index (χ1v) is 17.0.